The molecule has 1 amide bonds. The molecule has 0 aromatic heterocycles. The summed E-state index contributed by atoms with van der Waals surface area (Å²) in [6.45, 7) is 2.71. The van der Waals surface area contributed by atoms with Gasteiger partial charge in [0.2, 0.25) is 5.91 Å². The van der Waals surface area contributed by atoms with E-state index in [1.54, 1.807) is 11.8 Å². The second-order valence-electron chi connectivity index (χ2n) is 3.57. The van der Waals surface area contributed by atoms with Gasteiger partial charge in [0, 0.05) is 24.8 Å². The van der Waals surface area contributed by atoms with Gasteiger partial charge in [-0.2, -0.15) is 11.8 Å². The zero-order valence-electron chi connectivity index (χ0n) is 8.78. The van der Waals surface area contributed by atoms with Crippen LogP contribution in [0.1, 0.15) is 26.2 Å². The SMILES string of the molecule is CCC(CSC)N1CCC(=O)CC1=O. The average Bonchev–Trinajstić information content (AvgIpc) is 2.15. The molecule has 1 fully saturated rings. The number of Topliss-reactive ketones (excluding diaryl/α,β-unsaturated/α-hetero) is 1. The van der Waals surface area contributed by atoms with Gasteiger partial charge >= 0.3 is 0 Å². The van der Waals surface area contributed by atoms with E-state index in [9.17, 15) is 9.59 Å². The predicted octanol–water partition coefficient (Wildman–Crippen LogP) is 1.32. The number of piperidine rings is 1. The van der Waals surface area contributed by atoms with Gasteiger partial charge in [-0.3, -0.25) is 9.59 Å². The van der Waals surface area contributed by atoms with Crippen molar-refractivity contribution in [2.75, 3.05) is 18.6 Å². The van der Waals surface area contributed by atoms with E-state index in [1.807, 2.05) is 11.2 Å². The minimum absolute atomic E-state index is 0.0159. The summed E-state index contributed by atoms with van der Waals surface area (Å²) in [7, 11) is 0. The van der Waals surface area contributed by atoms with Crippen molar-refractivity contribution < 1.29 is 9.59 Å². The van der Waals surface area contributed by atoms with Crippen LogP contribution >= 0.6 is 11.8 Å². The monoisotopic (exact) mass is 215 g/mol. The second kappa shape index (κ2) is 5.39. The van der Waals surface area contributed by atoms with Crippen molar-refractivity contribution >= 4 is 23.5 Å². The van der Waals surface area contributed by atoms with Crippen LogP contribution < -0.4 is 0 Å². The highest BCUT2D eigenvalue weighted by Crippen LogP contribution is 2.16. The molecular formula is C10H17NO2S. The van der Waals surface area contributed by atoms with Gasteiger partial charge < -0.3 is 4.90 Å². The van der Waals surface area contributed by atoms with Crippen LogP contribution in [0, 0.1) is 0 Å². The summed E-state index contributed by atoms with van der Waals surface area (Å²) < 4.78 is 0. The molecule has 80 valence electrons. The Morgan fingerprint density at radius 3 is 2.71 bits per heavy atom. The molecule has 1 rings (SSSR count). The van der Waals surface area contributed by atoms with Crippen LogP contribution in [0.15, 0.2) is 0 Å². The first kappa shape index (κ1) is 11.6. The average molecular weight is 215 g/mol. The van der Waals surface area contributed by atoms with Gasteiger partial charge in [-0.05, 0) is 12.7 Å². The molecular weight excluding hydrogens is 198 g/mol. The fourth-order valence-corrected chi connectivity index (χ4v) is 2.54. The first-order valence-electron chi connectivity index (χ1n) is 4.99. The van der Waals surface area contributed by atoms with Gasteiger partial charge in [-0.15, -0.1) is 0 Å². The minimum Gasteiger partial charge on any atom is -0.338 e. The van der Waals surface area contributed by atoms with Gasteiger partial charge in [0.25, 0.3) is 0 Å². The Morgan fingerprint density at radius 1 is 1.50 bits per heavy atom. The quantitative estimate of drug-likeness (QED) is 0.664. The van der Waals surface area contributed by atoms with Crippen molar-refractivity contribution in [3.63, 3.8) is 0 Å². The highest BCUT2D eigenvalue weighted by molar-refractivity contribution is 7.98. The number of likely N-dealkylation sites (tertiary alicyclic amines) is 1. The van der Waals surface area contributed by atoms with Crippen molar-refractivity contribution in [1.82, 2.24) is 4.90 Å². The number of hydrogen-bond donors (Lipinski definition) is 0. The van der Waals surface area contributed by atoms with Gasteiger partial charge in [-0.25, -0.2) is 0 Å². The highest BCUT2D eigenvalue weighted by Gasteiger charge is 2.28. The summed E-state index contributed by atoms with van der Waals surface area (Å²) in [6, 6.07) is 0.311. The van der Waals surface area contributed by atoms with Crippen molar-refractivity contribution in [2.24, 2.45) is 0 Å². The fraction of sp³-hybridized carbons (Fsp3) is 0.800. The summed E-state index contributed by atoms with van der Waals surface area (Å²) in [5.41, 5.74) is 0. The summed E-state index contributed by atoms with van der Waals surface area (Å²) in [5.74, 6) is 1.07. The number of amides is 1. The third-order valence-corrected chi connectivity index (χ3v) is 3.29. The fourth-order valence-electron chi connectivity index (χ4n) is 1.74. The molecule has 14 heavy (non-hydrogen) atoms. The van der Waals surface area contributed by atoms with E-state index in [4.69, 9.17) is 0 Å². The smallest absolute Gasteiger partial charge is 0.230 e. The Bertz CT molecular complexity index is 230. The lowest BCUT2D eigenvalue weighted by Gasteiger charge is -2.33. The van der Waals surface area contributed by atoms with E-state index in [1.165, 1.54) is 0 Å². The Balaban J connectivity index is 2.57. The molecule has 1 atom stereocenters. The van der Waals surface area contributed by atoms with E-state index in [0.717, 1.165) is 12.2 Å². The van der Waals surface area contributed by atoms with Gasteiger partial charge in [0.1, 0.15) is 5.78 Å². The van der Waals surface area contributed by atoms with Crippen LogP contribution in [-0.2, 0) is 9.59 Å². The molecule has 0 spiro atoms. The van der Waals surface area contributed by atoms with Crippen LogP contribution in [0.4, 0.5) is 0 Å². The van der Waals surface area contributed by atoms with Crippen molar-refractivity contribution in [2.45, 2.75) is 32.2 Å². The molecule has 1 aliphatic heterocycles. The van der Waals surface area contributed by atoms with E-state index in [0.29, 0.717) is 19.0 Å². The third kappa shape index (κ3) is 2.74. The number of thioether (sulfide) groups is 1. The molecule has 4 heteroatoms. The van der Waals surface area contributed by atoms with Gasteiger partial charge in [-0.1, -0.05) is 6.92 Å². The van der Waals surface area contributed by atoms with Crippen molar-refractivity contribution in [3.8, 4) is 0 Å². The number of rotatable bonds is 4. The lowest BCUT2D eigenvalue weighted by molar-refractivity contribution is -0.141. The summed E-state index contributed by atoms with van der Waals surface area (Å²) in [4.78, 5) is 24.5. The van der Waals surface area contributed by atoms with E-state index in [-0.39, 0.29) is 18.1 Å². The Labute approximate surface area is 89.2 Å². The van der Waals surface area contributed by atoms with Crippen LogP contribution in [-0.4, -0.2) is 41.2 Å². The maximum atomic E-state index is 11.6. The highest BCUT2D eigenvalue weighted by atomic mass is 32.2. The van der Waals surface area contributed by atoms with Crippen LogP contribution in [0.25, 0.3) is 0 Å². The maximum absolute atomic E-state index is 11.6. The van der Waals surface area contributed by atoms with Crippen LogP contribution in [0.5, 0.6) is 0 Å². The standard InChI is InChI=1S/C10H17NO2S/c1-3-8(7-14-2)11-5-4-9(12)6-10(11)13/h8H,3-7H2,1-2H3. The Hall–Kier alpha value is -0.510. The lowest BCUT2D eigenvalue weighted by Crippen LogP contribution is -2.46. The summed E-state index contributed by atoms with van der Waals surface area (Å²) in [5, 5.41) is 0. The first-order chi connectivity index (χ1) is 6.69. The number of hydrogen-bond acceptors (Lipinski definition) is 3. The van der Waals surface area contributed by atoms with Crippen molar-refractivity contribution in [3.05, 3.63) is 0 Å². The predicted molar refractivity (Wildman–Crippen MR) is 58.4 cm³/mol. The molecule has 0 aromatic rings. The van der Waals surface area contributed by atoms with Crippen molar-refractivity contribution in [1.29, 1.82) is 0 Å². The lowest BCUT2D eigenvalue weighted by atomic mass is 10.1. The Kier molecular flexibility index (Phi) is 4.45. The molecule has 0 aliphatic carbocycles. The number of carbonyl (C=O) groups is 2. The Morgan fingerprint density at radius 2 is 2.21 bits per heavy atom. The number of carbonyl (C=O) groups excluding carboxylic acids is 2. The summed E-state index contributed by atoms with van der Waals surface area (Å²) >= 11 is 1.75. The maximum Gasteiger partial charge on any atom is 0.230 e. The summed E-state index contributed by atoms with van der Waals surface area (Å²) in [6.07, 6.45) is 3.67. The molecule has 1 heterocycles. The molecule has 0 bridgehead atoms. The van der Waals surface area contributed by atoms with Crippen LogP contribution in [0.3, 0.4) is 0 Å². The second-order valence-corrected chi connectivity index (χ2v) is 4.48. The van der Waals surface area contributed by atoms with E-state index < -0.39 is 0 Å². The van der Waals surface area contributed by atoms with Gasteiger partial charge in [0.05, 0.1) is 6.42 Å². The zero-order valence-corrected chi connectivity index (χ0v) is 9.60. The number of nitrogens with zero attached hydrogens (tertiary/aromatic N) is 1. The minimum atomic E-state index is 0.0159. The molecule has 1 saturated heterocycles. The largest absolute Gasteiger partial charge is 0.338 e. The zero-order chi connectivity index (χ0) is 10.6. The molecule has 0 radical (unpaired) electrons. The number of ketones is 1. The molecule has 1 unspecified atom stereocenters. The topological polar surface area (TPSA) is 37.4 Å². The molecule has 0 N–H and O–H groups in total. The van der Waals surface area contributed by atoms with E-state index in [2.05, 4.69) is 6.92 Å². The molecule has 0 aromatic carbocycles. The molecule has 1 aliphatic rings. The molecule has 3 nitrogen and oxygen atoms in total. The van der Waals surface area contributed by atoms with E-state index >= 15 is 0 Å². The van der Waals surface area contributed by atoms with Gasteiger partial charge in [0.15, 0.2) is 0 Å². The third-order valence-electron chi connectivity index (χ3n) is 2.57. The molecule has 0 saturated carbocycles. The van der Waals surface area contributed by atoms with Crippen LogP contribution in [0.2, 0.25) is 0 Å². The normalized spacial score (nSPS) is 20.0. The first-order valence-corrected chi connectivity index (χ1v) is 6.38.